The monoisotopic (exact) mass is 392 g/mol. The first-order valence-corrected chi connectivity index (χ1v) is 9.46. The summed E-state index contributed by atoms with van der Waals surface area (Å²) in [4.78, 5) is 20.9. The third-order valence-electron chi connectivity index (χ3n) is 4.67. The highest BCUT2D eigenvalue weighted by Crippen LogP contribution is 2.27. The number of hydrogen-bond donors (Lipinski definition) is 0. The summed E-state index contributed by atoms with van der Waals surface area (Å²) in [5.74, 6) is 1.11. The van der Waals surface area contributed by atoms with E-state index in [1.165, 1.54) is 0 Å². The van der Waals surface area contributed by atoms with E-state index in [0.717, 1.165) is 22.3 Å². The number of ether oxygens (including phenoxy) is 1. The van der Waals surface area contributed by atoms with Gasteiger partial charge in [-0.25, -0.2) is 14.8 Å². The van der Waals surface area contributed by atoms with Crippen LogP contribution in [0.25, 0.3) is 28.9 Å². The van der Waals surface area contributed by atoms with Crippen molar-refractivity contribution in [3.63, 3.8) is 0 Å². The van der Waals surface area contributed by atoms with Crippen LogP contribution in [-0.4, -0.2) is 16.9 Å². The van der Waals surface area contributed by atoms with Gasteiger partial charge in [0, 0.05) is 16.7 Å². The molecule has 30 heavy (non-hydrogen) atoms. The molecule has 0 bridgehead atoms. The maximum Gasteiger partial charge on any atom is 0.363 e. The summed E-state index contributed by atoms with van der Waals surface area (Å²) in [6.45, 7) is 0. The Morgan fingerprint density at radius 1 is 0.733 bits per heavy atom. The molecule has 1 aromatic heterocycles. The maximum absolute atomic E-state index is 12.2. The van der Waals surface area contributed by atoms with E-state index in [1.807, 2.05) is 84.9 Å². The molecule has 1 aliphatic heterocycles. The van der Waals surface area contributed by atoms with E-state index in [0.29, 0.717) is 17.5 Å². The molecule has 2 heterocycles. The fraction of sp³-hybridized carbons (Fsp3) is 0. The minimum Gasteiger partial charge on any atom is -0.436 e. The van der Waals surface area contributed by atoms with Gasteiger partial charge in [0.15, 0.2) is 11.5 Å². The number of aliphatic imine (C=N–C) groups is 1. The van der Waals surface area contributed by atoms with E-state index in [4.69, 9.17) is 9.15 Å². The Kier molecular flexibility index (Phi) is 4.54. The van der Waals surface area contributed by atoms with Crippen molar-refractivity contribution in [2.24, 2.45) is 4.99 Å². The molecule has 144 valence electrons. The first-order valence-electron chi connectivity index (χ1n) is 9.46. The molecule has 0 atom stereocenters. The molecule has 0 saturated heterocycles. The lowest BCUT2D eigenvalue weighted by Gasteiger charge is -1.98. The van der Waals surface area contributed by atoms with Crippen molar-refractivity contribution < 1.29 is 13.9 Å². The zero-order valence-electron chi connectivity index (χ0n) is 15.9. The Bertz CT molecular complexity index is 1250. The van der Waals surface area contributed by atoms with Crippen LogP contribution in [0.3, 0.4) is 0 Å². The van der Waals surface area contributed by atoms with Gasteiger partial charge in [-0.3, -0.25) is 0 Å². The minimum atomic E-state index is -0.460. The number of aromatic nitrogens is 1. The van der Waals surface area contributed by atoms with Crippen molar-refractivity contribution in [3.8, 4) is 22.8 Å². The van der Waals surface area contributed by atoms with Gasteiger partial charge < -0.3 is 9.15 Å². The van der Waals surface area contributed by atoms with Crippen LogP contribution in [0.4, 0.5) is 0 Å². The van der Waals surface area contributed by atoms with Gasteiger partial charge in [-0.2, -0.15) is 0 Å². The minimum absolute atomic E-state index is 0.268. The number of benzene rings is 3. The second kappa shape index (κ2) is 7.64. The molecule has 0 radical (unpaired) electrons. The topological polar surface area (TPSA) is 64.7 Å². The van der Waals surface area contributed by atoms with Gasteiger partial charge in [-0.15, -0.1) is 0 Å². The Labute approximate surface area is 173 Å². The molecule has 0 fully saturated rings. The molecule has 4 aromatic rings. The van der Waals surface area contributed by atoms with E-state index in [-0.39, 0.29) is 5.70 Å². The fourth-order valence-electron chi connectivity index (χ4n) is 3.14. The largest absolute Gasteiger partial charge is 0.436 e. The van der Waals surface area contributed by atoms with Crippen LogP contribution in [-0.2, 0) is 9.53 Å². The zero-order chi connectivity index (χ0) is 20.3. The van der Waals surface area contributed by atoms with E-state index in [2.05, 4.69) is 9.98 Å². The summed E-state index contributed by atoms with van der Waals surface area (Å²) in [5.41, 5.74) is 3.69. The molecule has 0 spiro atoms. The van der Waals surface area contributed by atoms with Crippen molar-refractivity contribution in [3.05, 3.63) is 108 Å². The molecule has 0 aliphatic carbocycles. The van der Waals surface area contributed by atoms with Crippen LogP contribution in [0, 0.1) is 0 Å². The van der Waals surface area contributed by atoms with Gasteiger partial charge in [0.05, 0.1) is 6.20 Å². The van der Waals surface area contributed by atoms with Crippen molar-refractivity contribution in [1.82, 2.24) is 4.98 Å². The molecular weight excluding hydrogens is 376 g/mol. The van der Waals surface area contributed by atoms with Crippen molar-refractivity contribution in [1.29, 1.82) is 0 Å². The first kappa shape index (κ1) is 17.8. The fourth-order valence-corrected chi connectivity index (χ4v) is 3.14. The predicted molar refractivity (Wildman–Crippen MR) is 114 cm³/mol. The third-order valence-corrected chi connectivity index (χ3v) is 4.67. The van der Waals surface area contributed by atoms with Gasteiger partial charge in [-0.05, 0) is 35.9 Å². The average molecular weight is 392 g/mol. The molecule has 0 unspecified atom stereocenters. The Morgan fingerprint density at radius 3 is 2.10 bits per heavy atom. The summed E-state index contributed by atoms with van der Waals surface area (Å²) >= 11 is 0. The molecule has 0 amide bonds. The van der Waals surface area contributed by atoms with Crippen molar-refractivity contribution in [2.45, 2.75) is 0 Å². The van der Waals surface area contributed by atoms with Gasteiger partial charge in [0.1, 0.15) is 0 Å². The third kappa shape index (κ3) is 3.56. The number of cyclic esters (lactones) is 1. The normalized spacial score (nSPS) is 14.6. The van der Waals surface area contributed by atoms with Crippen LogP contribution in [0.15, 0.2) is 106 Å². The average Bonchev–Trinajstić information content (AvgIpc) is 3.43. The van der Waals surface area contributed by atoms with E-state index >= 15 is 0 Å². The lowest BCUT2D eigenvalue weighted by molar-refractivity contribution is -0.129. The number of oxazole rings is 1. The molecule has 1 aliphatic rings. The summed E-state index contributed by atoms with van der Waals surface area (Å²) in [6, 6.07) is 26.7. The number of esters is 1. The SMILES string of the molecule is O=C1OC(c2ccccc2)=NC1=Cc1ccc(-c2ncc(-c3ccccc3)o2)cc1. The smallest absolute Gasteiger partial charge is 0.363 e. The molecule has 0 N–H and O–H groups in total. The van der Waals surface area contributed by atoms with Crippen LogP contribution in [0.1, 0.15) is 11.1 Å². The molecule has 5 heteroatoms. The van der Waals surface area contributed by atoms with Crippen LogP contribution < -0.4 is 0 Å². The second-order valence-corrected chi connectivity index (χ2v) is 6.72. The standard InChI is InChI=1S/C25H16N2O3/c28-25-21(27-24(30-25)19-9-5-2-6-10-19)15-17-11-13-20(14-12-17)23-26-16-22(29-23)18-7-3-1-4-8-18/h1-16H. The van der Waals surface area contributed by atoms with Crippen LogP contribution in [0.2, 0.25) is 0 Å². The zero-order valence-corrected chi connectivity index (χ0v) is 15.9. The Balaban J connectivity index is 1.37. The van der Waals surface area contributed by atoms with E-state index in [9.17, 15) is 4.79 Å². The first-order chi connectivity index (χ1) is 14.8. The predicted octanol–water partition coefficient (Wildman–Crippen LogP) is 5.35. The maximum atomic E-state index is 12.2. The highest BCUT2D eigenvalue weighted by molar-refractivity contribution is 6.12. The van der Waals surface area contributed by atoms with Gasteiger partial charge in [0.25, 0.3) is 0 Å². The molecule has 3 aromatic carbocycles. The quantitative estimate of drug-likeness (QED) is 0.347. The summed E-state index contributed by atoms with van der Waals surface area (Å²) in [7, 11) is 0. The molecule has 5 nitrogen and oxygen atoms in total. The number of carbonyl (C=O) groups excluding carboxylic acids is 1. The summed E-state index contributed by atoms with van der Waals surface area (Å²) in [5, 5.41) is 0. The van der Waals surface area contributed by atoms with Gasteiger partial charge in [-0.1, -0.05) is 60.7 Å². The van der Waals surface area contributed by atoms with Gasteiger partial charge >= 0.3 is 5.97 Å². The van der Waals surface area contributed by atoms with Crippen LogP contribution >= 0.6 is 0 Å². The number of hydrogen-bond acceptors (Lipinski definition) is 5. The lowest BCUT2D eigenvalue weighted by atomic mass is 10.1. The molecule has 0 saturated carbocycles. The highest BCUT2D eigenvalue weighted by atomic mass is 16.6. The second-order valence-electron chi connectivity index (χ2n) is 6.72. The molecular formula is C25H16N2O3. The van der Waals surface area contributed by atoms with Crippen molar-refractivity contribution >= 4 is 17.9 Å². The number of carbonyl (C=O) groups is 1. The Morgan fingerprint density at radius 2 is 1.40 bits per heavy atom. The van der Waals surface area contributed by atoms with Crippen molar-refractivity contribution in [2.75, 3.05) is 0 Å². The van der Waals surface area contributed by atoms with Crippen LogP contribution in [0.5, 0.6) is 0 Å². The van der Waals surface area contributed by atoms with Gasteiger partial charge in [0.2, 0.25) is 11.8 Å². The molecule has 5 rings (SSSR count). The lowest BCUT2D eigenvalue weighted by Crippen LogP contribution is -2.04. The Hall–Kier alpha value is -4.25. The van der Waals surface area contributed by atoms with E-state index < -0.39 is 5.97 Å². The summed E-state index contributed by atoms with van der Waals surface area (Å²) < 4.78 is 11.2. The van der Waals surface area contributed by atoms with E-state index in [1.54, 1.807) is 12.3 Å². The summed E-state index contributed by atoms with van der Waals surface area (Å²) in [6.07, 6.45) is 3.42. The number of nitrogens with zero attached hydrogens (tertiary/aromatic N) is 2. The highest BCUT2D eigenvalue weighted by Gasteiger charge is 2.23. The number of rotatable bonds is 4.